The SMILES string of the molecule is Cc1cn2cc(Nc3nn(C(=O)C4CC4)c4cc(N5C[C@H](C)N[C@@H](C)C5)cc(F)c34)cc(F)c2n1. The van der Waals surface area contributed by atoms with E-state index in [1.807, 2.05) is 6.07 Å². The monoisotopic (exact) mass is 479 g/mol. The minimum atomic E-state index is -0.509. The molecule has 0 unspecified atom stereocenters. The van der Waals surface area contributed by atoms with Crippen LogP contribution < -0.4 is 15.5 Å². The van der Waals surface area contributed by atoms with E-state index in [0.717, 1.165) is 25.9 Å². The van der Waals surface area contributed by atoms with Crippen LogP contribution in [0.5, 0.6) is 0 Å². The highest BCUT2D eigenvalue weighted by Gasteiger charge is 2.34. The summed E-state index contributed by atoms with van der Waals surface area (Å²) >= 11 is 0. The minimum absolute atomic E-state index is 0.0976. The zero-order valence-electron chi connectivity index (χ0n) is 19.8. The number of halogens is 2. The molecule has 1 aliphatic carbocycles. The van der Waals surface area contributed by atoms with Crippen LogP contribution >= 0.6 is 0 Å². The second kappa shape index (κ2) is 8.01. The molecule has 1 aliphatic heterocycles. The van der Waals surface area contributed by atoms with Crippen LogP contribution in [0.2, 0.25) is 0 Å². The van der Waals surface area contributed by atoms with Crippen molar-refractivity contribution in [2.75, 3.05) is 23.3 Å². The number of fused-ring (bicyclic) bond motifs is 2. The van der Waals surface area contributed by atoms with E-state index in [0.29, 0.717) is 22.6 Å². The van der Waals surface area contributed by atoms with Crippen molar-refractivity contribution in [3.05, 3.63) is 47.9 Å². The quantitative estimate of drug-likeness (QED) is 0.456. The van der Waals surface area contributed by atoms with Crippen molar-refractivity contribution < 1.29 is 13.6 Å². The van der Waals surface area contributed by atoms with Gasteiger partial charge in [-0.1, -0.05) is 0 Å². The number of nitrogens with one attached hydrogen (secondary N) is 2. The maximum absolute atomic E-state index is 15.7. The molecule has 0 spiro atoms. The number of carbonyl (C=O) groups is 1. The molecule has 2 atom stereocenters. The first-order valence-electron chi connectivity index (χ1n) is 12.0. The fourth-order valence-corrected chi connectivity index (χ4v) is 5.05. The normalized spacial score (nSPS) is 20.7. The predicted octanol–water partition coefficient (Wildman–Crippen LogP) is 4.25. The number of imidazole rings is 1. The number of aryl methyl sites for hydroxylation is 1. The van der Waals surface area contributed by atoms with Crippen molar-refractivity contribution in [3.63, 3.8) is 0 Å². The number of rotatable bonds is 4. The van der Waals surface area contributed by atoms with Crippen molar-refractivity contribution in [1.82, 2.24) is 24.5 Å². The Morgan fingerprint density at radius 1 is 1.09 bits per heavy atom. The summed E-state index contributed by atoms with van der Waals surface area (Å²) in [4.78, 5) is 19.4. The summed E-state index contributed by atoms with van der Waals surface area (Å²) in [6.07, 6.45) is 4.99. The predicted molar refractivity (Wildman–Crippen MR) is 130 cm³/mol. The Kier molecular flexibility index (Phi) is 5.03. The van der Waals surface area contributed by atoms with Gasteiger partial charge in [0.25, 0.3) is 5.91 Å². The number of nitrogens with zero attached hydrogens (tertiary/aromatic N) is 5. The lowest BCUT2D eigenvalue weighted by Gasteiger charge is -2.37. The van der Waals surface area contributed by atoms with E-state index >= 15 is 4.39 Å². The van der Waals surface area contributed by atoms with Crippen LogP contribution in [-0.2, 0) is 0 Å². The summed E-state index contributed by atoms with van der Waals surface area (Å²) in [7, 11) is 0. The maximum Gasteiger partial charge on any atom is 0.250 e. The molecule has 6 rings (SSSR count). The lowest BCUT2D eigenvalue weighted by Crippen LogP contribution is -2.54. The van der Waals surface area contributed by atoms with Crippen LogP contribution in [0, 0.1) is 24.5 Å². The summed E-state index contributed by atoms with van der Waals surface area (Å²) in [5.74, 6) is -1.05. The summed E-state index contributed by atoms with van der Waals surface area (Å²) in [6.45, 7) is 7.44. The van der Waals surface area contributed by atoms with E-state index in [1.165, 1.54) is 16.8 Å². The average Bonchev–Trinajstić information content (AvgIpc) is 3.48. The van der Waals surface area contributed by atoms with E-state index in [-0.39, 0.29) is 40.8 Å². The second-order valence-corrected chi connectivity index (χ2v) is 9.88. The van der Waals surface area contributed by atoms with Gasteiger partial charge in [0.15, 0.2) is 17.3 Å². The van der Waals surface area contributed by atoms with Gasteiger partial charge in [-0.05, 0) is 45.7 Å². The number of benzene rings is 1. The number of pyridine rings is 1. The summed E-state index contributed by atoms with van der Waals surface area (Å²) in [5, 5.41) is 11.2. The third-order valence-corrected chi connectivity index (χ3v) is 6.67. The Hall–Kier alpha value is -3.53. The number of aromatic nitrogens is 4. The first-order valence-corrected chi connectivity index (χ1v) is 12.0. The largest absolute Gasteiger partial charge is 0.368 e. The van der Waals surface area contributed by atoms with Crippen LogP contribution in [-0.4, -0.2) is 50.2 Å². The summed E-state index contributed by atoms with van der Waals surface area (Å²) in [6, 6.07) is 5.14. The van der Waals surface area contributed by atoms with Crippen LogP contribution in [0.25, 0.3) is 16.6 Å². The Balaban J connectivity index is 1.45. The maximum atomic E-state index is 15.7. The molecule has 1 saturated heterocycles. The number of piperazine rings is 1. The van der Waals surface area contributed by atoms with Crippen molar-refractivity contribution in [2.45, 2.75) is 45.7 Å². The zero-order chi connectivity index (χ0) is 24.4. The Labute approximate surface area is 200 Å². The van der Waals surface area contributed by atoms with Crippen molar-refractivity contribution in [2.24, 2.45) is 5.92 Å². The Bertz CT molecular complexity index is 1460. The molecule has 2 aliphatic rings. The van der Waals surface area contributed by atoms with E-state index in [9.17, 15) is 9.18 Å². The van der Waals surface area contributed by atoms with Crippen LogP contribution in [0.15, 0.2) is 30.6 Å². The number of hydrogen-bond donors (Lipinski definition) is 2. The molecule has 1 saturated carbocycles. The first-order chi connectivity index (χ1) is 16.8. The number of hydrogen-bond acceptors (Lipinski definition) is 6. The smallest absolute Gasteiger partial charge is 0.250 e. The molecule has 35 heavy (non-hydrogen) atoms. The van der Waals surface area contributed by atoms with Crippen molar-refractivity contribution in [3.8, 4) is 0 Å². The second-order valence-electron chi connectivity index (χ2n) is 9.88. The molecule has 10 heteroatoms. The summed E-state index contributed by atoms with van der Waals surface area (Å²) < 4.78 is 33.2. The highest BCUT2D eigenvalue weighted by Crippen LogP contribution is 2.36. The van der Waals surface area contributed by atoms with Gasteiger partial charge in [-0.2, -0.15) is 4.68 Å². The molecule has 0 amide bonds. The molecule has 2 fully saturated rings. The van der Waals surface area contributed by atoms with Gasteiger partial charge < -0.3 is 19.9 Å². The highest BCUT2D eigenvalue weighted by atomic mass is 19.1. The molecular formula is C25H27F2N7O. The van der Waals surface area contributed by atoms with Gasteiger partial charge in [0, 0.05) is 55.2 Å². The molecule has 4 aromatic rings. The zero-order valence-corrected chi connectivity index (χ0v) is 19.8. The molecule has 0 radical (unpaired) electrons. The van der Waals surface area contributed by atoms with Gasteiger partial charge in [-0.25, -0.2) is 13.8 Å². The van der Waals surface area contributed by atoms with Gasteiger partial charge in [0.1, 0.15) is 5.82 Å². The van der Waals surface area contributed by atoms with E-state index in [2.05, 4.69) is 39.5 Å². The third-order valence-electron chi connectivity index (χ3n) is 6.67. The molecule has 182 valence electrons. The fraction of sp³-hybridized carbons (Fsp3) is 0.400. The number of anilines is 3. The van der Waals surface area contributed by atoms with E-state index in [4.69, 9.17) is 0 Å². The third kappa shape index (κ3) is 3.91. The lowest BCUT2D eigenvalue weighted by molar-refractivity contribution is 0.0876. The molecule has 3 aromatic heterocycles. The molecular weight excluding hydrogens is 452 g/mol. The molecule has 8 nitrogen and oxygen atoms in total. The van der Waals surface area contributed by atoms with Gasteiger partial charge in [0.05, 0.1) is 22.3 Å². The highest BCUT2D eigenvalue weighted by molar-refractivity contribution is 6.01. The van der Waals surface area contributed by atoms with Gasteiger partial charge in [-0.3, -0.25) is 4.79 Å². The van der Waals surface area contributed by atoms with Crippen LogP contribution in [0.1, 0.15) is 37.2 Å². The van der Waals surface area contributed by atoms with Crippen LogP contribution in [0.4, 0.5) is 26.0 Å². The van der Waals surface area contributed by atoms with Gasteiger partial charge in [0.2, 0.25) is 0 Å². The molecule has 4 heterocycles. The van der Waals surface area contributed by atoms with E-state index in [1.54, 1.807) is 23.7 Å². The van der Waals surface area contributed by atoms with Crippen LogP contribution in [0.3, 0.4) is 0 Å². The molecule has 1 aromatic carbocycles. The topological polar surface area (TPSA) is 79.5 Å². The lowest BCUT2D eigenvalue weighted by atomic mass is 10.1. The number of carbonyl (C=O) groups excluding carboxylic acids is 1. The van der Waals surface area contributed by atoms with Crippen molar-refractivity contribution in [1.29, 1.82) is 0 Å². The Morgan fingerprint density at radius 2 is 1.83 bits per heavy atom. The van der Waals surface area contributed by atoms with E-state index < -0.39 is 11.6 Å². The molecule has 2 N–H and O–H groups in total. The van der Waals surface area contributed by atoms with Gasteiger partial charge >= 0.3 is 0 Å². The van der Waals surface area contributed by atoms with Gasteiger partial charge in [-0.15, -0.1) is 5.10 Å². The minimum Gasteiger partial charge on any atom is -0.368 e. The Morgan fingerprint density at radius 3 is 2.54 bits per heavy atom. The summed E-state index contributed by atoms with van der Waals surface area (Å²) in [5.41, 5.74) is 2.40. The first kappa shape index (κ1) is 22.0. The fourth-order valence-electron chi connectivity index (χ4n) is 5.05. The van der Waals surface area contributed by atoms with Crippen molar-refractivity contribution >= 4 is 39.6 Å². The standard InChI is InChI=1S/C25H27F2N7O/c1-13-9-32(10-14(2)28-13)18-7-19(26)22-21(8-18)34(25(35)16-4-5-16)31-23(22)30-17-6-20(27)24-29-15(3)11-33(24)12-17/h6-8,11-14,16,28H,4-5,9-10H2,1-3H3,(H,30,31)/t13-,14-/m0/s1. The molecule has 0 bridgehead atoms. The average molecular weight is 480 g/mol.